The molecule has 0 bridgehead atoms. The number of nitrogens with zero attached hydrogens (tertiary/aromatic N) is 1. The van der Waals surface area contributed by atoms with E-state index in [0.717, 1.165) is 28.5 Å². The van der Waals surface area contributed by atoms with E-state index in [0.29, 0.717) is 0 Å². The van der Waals surface area contributed by atoms with Gasteiger partial charge in [-0.1, -0.05) is 48.5 Å². The van der Waals surface area contributed by atoms with Crippen molar-refractivity contribution in [1.82, 2.24) is 4.57 Å². The van der Waals surface area contributed by atoms with E-state index in [4.69, 9.17) is 9.47 Å². The molecule has 0 spiro atoms. The standard InChI is InChI=1S/C30H16BNO2/c1-2-6-17(7-3-1)18-12-14-21-20(16-18)19-13-15-26-29-30(19)32(21)22-8-4-9-23-27(22)31(29)28-24(33-23)10-5-11-25(28)34-26/h1-16H. The van der Waals surface area contributed by atoms with Crippen LogP contribution < -0.4 is 25.9 Å². The normalized spacial score (nSPS) is 13.7. The average Bonchev–Trinajstić information content (AvgIpc) is 3.23. The van der Waals surface area contributed by atoms with Crippen LogP contribution in [0.5, 0.6) is 23.0 Å². The zero-order chi connectivity index (χ0) is 22.0. The predicted molar refractivity (Wildman–Crippen MR) is 137 cm³/mol. The lowest BCUT2D eigenvalue weighted by Gasteiger charge is -2.37. The first-order chi connectivity index (χ1) is 16.9. The molecule has 156 valence electrons. The highest BCUT2D eigenvalue weighted by Gasteiger charge is 2.46. The van der Waals surface area contributed by atoms with Crippen LogP contribution >= 0.6 is 0 Å². The van der Waals surface area contributed by atoms with E-state index in [-0.39, 0.29) is 6.71 Å². The summed E-state index contributed by atoms with van der Waals surface area (Å²) in [4.78, 5) is 0. The lowest BCUT2D eigenvalue weighted by molar-refractivity contribution is 0.464. The zero-order valence-electron chi connectivity index (χ0n) is 18.1. The maximum atomic E-state index is 6.47. The van der Waals surface area contributed by atoms with E-state index in [1.807, 2.05) is 6.07 Å². The van der Waals surface area contributed by atoms with Gasteiger partial charge in [-0.2, -0.15) is 0 Å². The Balaban J connectivity index is 1.47. The Morgan fingerprint density at radius 3 is 2.09 bits per heavy atom. The Labute approximate surface area is 195 Å². The Kier molecular flexibility index (Phi) is 2.88. The molecule has 0 saturated carbocycles. The van der Waals surface area contributed by atoms with Crippen LogP contribution in [0.2, 0.25) is 0 Å². The maximum Gasteiger partial charge on any atom is 0.266 e. The highest BCUT2D eigenvalue weighted by atomic mass is 16.5. The van der Waals surface area contributed by atoms with Crippen molar-refractivity contribution in [2.75, 3.05) is 0 Å². The molecule has 0 amide bonds. The topological polar surface area (TPSA) is 23.4 Å². The van der Waals surface area contributed by atoms with E-state index in [1.165, 1.54) is 49.5 Å². The number of benzene rings is 5. The summed E-state index contributed by atoms with van der Waals surface area (Å²) in [6.07, 6.45) is 0. The number of ether oxygens (including phenoxy) is 2. The van der Waals surface area contributed by atoms with Gasteiger partial charge in [0, 0.05) is 21.9 Å². The van der Waals surface area contributed by atoms with Crippen LogP contribution in [0.3, 0.4) is 0 Å². The molecular weight excluding hydrogens is 417 g/mol. The number of hydrogen-bond acceptors (Lipinski definition) is 2. The third-order valence-corrected chi connectivity index (χ3v) is 7.65. The van der Waals surface area contributed by atoms with E-state index >= 15 is 0 Å². The largest absolute Gasteiger partial charge is 0.458 e. The summed E-state index contributed by atoms with van der Waals surface area (Å²) in [5, 5.41) is 2.52. The van der Waals surface area contributed by atoms with Crippen LogP contribution in [0.4, 0.5) is 0 Å². The van der Waals surface area contributed by atoms with E-state index in [2.05, 4.69) is 95.6 Å². The summed E-state index contributed by atoms with van der Waals surface area (Å²) in [5.41, 5.74) is 9.73. The molecule has 0 fully saturated rings. The second kappa shape index (κ2) is 5.73. The van der Waals surface area contributed by atoms with E-state index in [9.17, 15) is 0 Å². The number of hydrogen-bond donors (Lipinski definition) is 0. The van der Waals surface area contributed by atoms with Crippen molar-refractivity contribution in [2.45, 2.75) is 0 Å². The molecule has 0 atom stereocenters. The summed E-state index contributed by atoms with van der Waals surface area (Å²) < 4.78 is 15.3. The fourth-order valence-electron chi connectivity index (χ4n) is 6.31. The van der Waals surface area contributed by atoms with Gasteiger partial charge >= 0.3 is 0 Å². The van der Waals surface area contributed by atoms with Crippen molar-refractivity contribution in [3.05, 3.63) is 97.1 Å². The quantitative estimate of drug-likeness (QED) is 0.320. The first-order valence-corrected chi connectivity index (χ1v) is 11.7. The van der Waals surface area contributed by atoms with Gasteiger partial charge in [0.25, 0.3) is 6.71 Å². The van der Waals surface area contributed by atoms with Gasteiger partial charge in [-0.05, 0) is 70.6 Å². The second-order valence-electron chi connectivity index (χ2n) is 9.30. The van der Waals surface area contributed by atoms with Gasteiger partial charge in [0.2, 0.25) is 0 Å². The molecule has 0 N–H and O–H groups in total. The van der Waals surface area contributed by atoms with Crippen LogP contribution in [-0.4, -0.2) is 11.3 Å². The highest BCUT2D eigenvalue weighted by Crippen LogP contribution is 2.43. The number of rotatable bonds is 1. The highest BCUT2D eigenvalue weighted by molar-refractivity contribution is 7.00. The molecule has 0 radical (unpaired) electrons. The Hall–Kier alpha value is -4.44. The fraction of sp³-hybridized carbons (Fsp3) is 0. The molecule has 9 rings (SSSR count). The molecule has 4 heteroatoms. The molecule has 3 aliphatic heterocycles. The number of fused-ring (bicyclic) bond motifs is 4. The van der Waals surface area contributed by atoms with Crippen LogP contribution in [0, 0.1) is 0 Å². The summed E-state index contributed by atoms with van der Waals surface area (Å²) in [6, 6.07) is 34.3. The summed E-state index contributed by atoms with van der Waals surface area (Å²) >= 11 is 0. The Bertz CT molecular complexity index is 1850. The third-order valence-electron chi connectivity index (χ3n) is 7.65. The van der Waals surface area contributed by atoms with Crippen molar-refractivity contribution in [3.63, 3.8) is 0 Å². The first-order valence-electron chi connectivity index (χ1n) is 11.7. The van der Waals surface area contributed by atoms with Gasteiger partial charge in [0.1, 0.15) is 23.0 Å². The second-order valence-corrected chi connectivity index (χ2v) is 9.30. The minimum Gasteiger partial charge on any atom is -0.458 e. The SMILES string of the molecule is c1ccc(-c2ccc3c(c2)c2ccc4c5c2n3-c2cccc3c2B5c2c(cccc2O4)O3)cc1. The smallest absolute Gasteiger partial charge is 0.266 e. The molecule has 4 heterocycles. The van der Waals surface area contributed by atoms with Gasteiger partial charge < -0.3 is 14.0 Å². The molecule has 3 aliphatic rings. The van der Waals surface area contributed by atoms with Crippen molar-refractivity contribution in [3.8, 4) is 39.8 Å². The number of aromatic nitrogens is 1. The molecule has 0 saturated heterocycles. The Morgan fingerprint density at radius 1 is 0.529 bits per heavy atom. The lowest BCUT2D eigenvalue weighted by Crippen LogP contribution is -2.60. The van der Waals surface area contributed by atoms with Gasteiger partial charge in [-0.15, -0.1) is 0 Å². The third kappa shape index (κ3) is 1.89. The minimum atomic E-state index is 0.115. The Morgan fingerprint density at radius 2 is 1.26 bits per heavy atom. The van der Waals surface area contributed by atoms with Crippen molar-refractivity contribution in [2.24, 2.45) is 0 Å². The molecule has 3 nitrogen and oxygen atoms in total. The van der Waals surface area contributed by atoms with Gasteiger partial charge in [0.05, 0.1) is 11.0 Å². The van der Waals surface area contributed by atoms with Crippen LogP contribution in [0.15, 0.2) is 97.1 Å². The average molecular weight is 433 g/mol. The predicted octanol–water partition coefficient (Wildman–Crippen LogP) is 5.49. The molecule has 6 aromatic rings. The van der Waals surface area contributed by atoms with Crippen LogP contribution in [0.25, 0.3) is 38.6 Å². The summed E-state index contributed by atoms with van der Waals surface area (Å²) in [5.74, 6) is 3.67. The maximum absolute atomic E-state index is 6.47. The van der Waals surface area contributed by atoms with Crippen molar-refractivity contribution < 1.29 is 9.47 Å². The fourth-order valence-corrected chi connectivity index (χ4v) is 6.31. The van der Waals surface area contributed by atoms with Gasteiger partial charge in [-0.25, -0.2) is 0 Å². The van der Waals surface area contributed by atoms with Crippen molar-refractivity contribution >= 4 is 44.9 Å². The molecule has 0 unspecified atom stereocenters. The zero-order valence-corrected chi connectivity index (χ0v) is 18.1. The first kappa shape index (κ1) is 17.1. The van der Waals surface area contributed by atoms with E-state index < -0.39 is 0 Å². The van der Waals surface area contributed by atoms with Gasteiger partial charge in [0.15, 0.2) is 0 Å². The molecule has 0 aliphatic carbocycles. The molecule has 1 aromatic heterocycles. The van der Waals surface area contributed by atoms with Crippen LogP contribution in [0.1, 0.15) is 0 Å². The molecular formula is C30H16BNO2. The molecule has 34 heavy (non-hydrogen) atoms. The van der Waals surface area contributed by atoms with E-state index in [1.54, 1.807) is 0 Å². The van der Waals surface area contributed by atoms with Crippen molar-refractivity contribution in [1.29, 1.82) is 0 Å². The lowest BCUT2D eigenvalue weighted by atomic mass is 9.33. The summed E-state index contributed by atoms with van der Waals surface area (Å²) in [6.45, 7) is 0.115. The summed E-state index contributed by atoms with van der Waals surface area (Å²) in [7, 11) is 0. The minimum absolute atomic E-state index is 0.115. The van der Waals surface area contributed by atoms with Gasteiger partial charge in [-0.3, -0.25) is 0 Å². The van der Waals surface area contributed by atoms with Crippen LogP contribution in [-0.2, 0) is 0 Å². The monoisotopic (exact) mass is 433 g/mol. The molecule has 5 aromatic carbocycles.